The van der Waals surface area contributed by atoms with Gasteiger partial charge in [0.25, 0.3) is 0 Å². The molecule has 22 heavy (non-hydrogen) atoms. The molecule has 1 N–H and O–H groups in total. The Morgan fingerprint density at radius 2 is 2.23 bits per heavy atom. The number of nitrogens with zero attached hydrogens (tertiary/aromatic N) is 2. The molecule has 1 aromatic heterocycles. The first-order chi connectivity index (χ1) is 10.7. The van der Waals surface area contributed by atoms with Gasteiger partial charge in [-0.05, 0) is 31.4 Å². The molecule has 1 spiro atoms. The lowest BCUT2D eigenvalue weighted by atomic mass is 9.87. The van der Waals surface area contributed by atoms with Crippen molar-refractivity contribution in [2.75, 3.05) is 18.8 Å². The van der Waals surface area contributed by atoms with Crippen molar-refractivity contribution in [2.45, 2.75) is 49.8 Å². The number of rotatable bonds is 2. The van der Waals surface area contributed by atoms with E-state index in [0.717, 1.165) is 24.4 Å². The fourth-order valence-electron chi connectivity index (χ4n) is 3.51. The van der Waals surface area contributed by atoms with E-state index in [1.165, 1.54) is 32.1 Å². The summed E-state index contributed by atoms with van der Waals surface area (Å²) in [5.41, 5.74) is 1.05. The Morgan fingerprint density at radius 1 is 1.41 bits per heavy atom. The summed E-state index contributed by atoms with van der Waals surface area (Å²) in [6, 6.07) is 3.99. The SMILES string of the molecule is C[C@H](NC(=O)N1CCSC2(CCCCC2)C1)c1cccnc1. The van der Waals surface area contributed by atoms with Crippen LogP contribution in [0, 0.1) is 0 Å². The number of pyridine rings is 1. The second kappa shape index (κ2) is 6.90. The van der Waals surface area contributed by atoms with Gasteiger partial charge in [-0.2, -0.15) is 11.8 Å². The predicted octanol–water partition coefficient (Wildman–Crippen LogP) is 3.60. The average molecular weight is 319 g/mol. The topological polar surface area (TPSA) is 45.2 Å². The van der Waals surface area contributed by atoms with Gasteiger partial charge < -0.3 is 10.2 Å². The standard InChI is InChI=1S/C17H25N3OS/c1-14(15-6-5-9-18-12-15)19-16(21)20-10-11-22-17(13-20)7-3-2-4-8-17/h5-6,9,12,14H,2-4,7-8,10-11,13H2,1H3,(H,19,21)/t14-/m0/s1. The van der Waals surface area contributed by atoms with Crippen LogP contribution >= 0.6 is 11.8 Å². The highest BCUT2D eigenvalue weighted by Crippen LogP contribution is 2.42. The molecule has 0 unspecified atom stereocenters. The van der Waals surface area contributed by atoms with Crippen LogP contribution in [0.15, 0.2) is 24.5 Å². The van der Waals surface area contributed by atoms with Crippen LogP contribution in [0.4, 0.5) is 4.79 Å². The lowest BCUT2D eigenvalue weighted by molar-refractivity contribution is 0.182. The van der Waals surface area contributed by atoms with Crippen LogP contribution < -0.4 is 5.32 Å². The predicted molar refractivity (Wildman–Crippen MR) is 91.0 cm³/mol. The Hall–Kier alpha value is -1.23. The number of carbonyl (C=O) groups is 1. The molecule has 0 radical (unpaired) electrons. The first-order valence-electron chi connectivity index (χ1n) is 8.28. The van der Waals surface area contributed by atoms with E-state index in [9.17, 15) is 4.79 Å². The largest absolute Gasteiger partial charge is 0.331 e. The van der Waals surface area contributed by atoms with Crippen molar-refractivity contribution in [2.24, 2.45) is 0 Å². The van der Waals surface area contributed by atoms with E-state index in [4.69, 9.17) is 0 Å². The summed E-state index contributed by atoms with van der Waals surface area (Å²) < 4.78 is 0.325. The second-order valence-electron chi connectivity index (χ2n) is 6.47. The Morgan fingerprint density at radius 3 is 2.95 bits per heavy atom. The summed E-state index contributed by atoms with van der Waals surface area (Å²) in [5, 5.41) is 3.13. The zero-order chi connectivity index (χ0) is 15.4. The number of aromatic nitrogens is 1. The third kappa shape index (κ3) is 3.57. The highest BCUT2D eigenvalue weighted by Gasteiger charge is 2.38. The van der Waals surface area contributed by atoms with E-state index in [0.29, 0.717) is 4.75 Å². The molecule has 0 bridgehead atoms. The van der Waals surface area contributed by atoms with Crippen molar-refractivity contribution < 1.29 is 4.79 Å². The summed E-state index contributed by atoms with van der Waals surface area (Å²) >= 11 is 2.09. The maximum atomic E-state index is 12.6. The first kappa shape index (κ1) is 15.7. The van der Waals surface area contributed by atoms with E-state index in [1.807, 2.05) is 30.2 Å². The first-order valence-corrected chi connectivity index (χ1v) is 9.26. The summed E-state index contributed by atoms with van der Waals surface area (Å²) in [4.78, 5) is 18.7. The van der Waals surface area contributed by atoms with Crippen molar-refractivity contribution >= 4 is 17.8 Å². The van der Waals surface area contributed by atoms with Gasteiger partial charge >= 0.3 is 6.03 Å². The van der Waals surface area contributed by atoms with Crippen LogP contribution in [0.1, 0.15) is 50.6 Å². The molecule has 1 aliphatic heterocycles. The van der Waals surface area contributed by atoms with Crippen LogP contribution in [-0.4, -0.2) is 39.5 Å². The zero-order valence-electron chi connectivity index (χ0n) is 13.3. The fourth-order valence-corrected chi connectivity index (χ4v) is 5.08. The Kier molecular flexibility index (Phi) is 4.91. The summed E-state index contributed by atoms with van der Waals surface area (Å²) in [6.07, 6.45) is 10.1. The normalized spacial score (nSPS) is 22.3. The minimum atomic E-state index is -0.00177. The lowest BCUT2D eigenvalue weighted by Gasteiger charge is -2.44. The monoisotopic (exact) mass is 319 g/mol. The zero-order valence-corrected chi connectivity index (χ0v) is 14.1. The molecule has 0 aromatic carbocycles. The lowest BCUT2D eigenvalue weighted by Crippen LogP contribution is -2.53. The average Bonchev–Trinajstić information content (AvgIpc) is 2.56. The molecule has 1 saturated heterocycles. The van der Waals surface area contributed by atoms with E-state index in [1.54, 1.807) is 6.20 Å². The number of hydrogen-bond donors (Lipinski definition) is 1. The van der Waals surface area contributed by atoms with E-state index < -0.39 is 0 Å². The molecular weight excluding hydrogens is 294 g/mol. The fraction of sp³-hybridized carbons (Fsp3) is 0.647. The Balaban J connectivity index is 1.60. The van der Waals surface area contributed by atoms with Gasteiger partial charge in [0.05, 0.1) is 6.04 Å². The van der Waals surface area contributed by atoms with Crippen LogP contribution in [0.25, 0.3) is 0 Å². The van der Waals surface area contributed by atoms with Crippen LogP contribution in [0.3, 0.4) is 0 Å². The van der Waals surface area contributed by atoms with Gasteiger partial charge in [-0.15, -0.1) is 0 Å². The van der Waals surface area contributed by atoms with Crippen molar-refractivity contribution in [3.05, 3.63) is 30.1 Å². The molecule has 1 aliphatic carbocycles. The molecule has 3 rings (SSSR count). The summed E-state index contributed by atoms with van der Waals surface area (Å²) in [6.45, 7) is 3.78. The third-order valence-corrected chi connectivity index (χ3v) is 6.36. The van der Waals surface area contributed by atoms with Gasteiger partial charge in [0.15, 0.2) is 0 Å². The van der Waals surface area contributed by atoms with Gasteiger partial charge in [0, 0.05) is 36.0 Å². The van der Waals surface area contributed by atoms with Crippen LogP contribution in [0.5, 0.6) is 0 Å². The van der Waals surface area contributed by atoms with Crippen LogP contribution in [-0.2, 0) is 0 Å². The molecular formula is C17H25N3OS. The molecule has 2 fully saturated rings. The molecule has 5 heteroatoms. The quantitative estimate of drug-likeness (QED) is 0.906. The summed E-state index contributed by atoms with van der Waals surface area (Å²) in [7, 11) is 0. The minimum absolute atomic E-state index is 0.00177. The highest BCUT2D eigenvalue weighted by atomic mass is 32.2. The number of carbonyl (C=O) groups excluding carboxylic acids is 1. The van der Waals surface area contributed by atoms with Crippen molar-refractivity contribution in [3.8, 4) is 0 Å². The van der Waals surface area contributed by atoms with Gasteiger partial charge in [-0.1, -0.05) is 25.3 Å². The second-order valence-corrected chi connectivity index (χ2v) is 8.03. The minimum Gasteiger partial charge on any atom is -0.331 e. The molecule has 2 aliphatic rings. The molecule has 1 saturated carbocycles. The van der Waals surface area contributed by atoms with Crippen molar-refractivity contribution in [1.29, 1.82) is 0 Å². The van der Waals surface area contributed by atoms with Gasteiger partial charge in [-0.25, -0.2) is 4.79 Å². The maximum absolute atomic E-state index is 12.6. The number of amides is 2. The molecule has 1 aromatic rings. The smallest absolute Gasteiger partial charge is 0.317 e. The molecule has 120 valence electrons. The molecule has 2 amide bonds. The Bertz CT molecular complexity index is 496. The summed E-state index contributed by atoms with van der Waals surface area (Å²) in [5.74, 6) is 1.06. The molecule has 2 heterocycles. The van der Waals surface area contributed by atoms with Gasteiger partial charge in [-0.3, -0.25) is 4.98 Å². The van der Waals surface area contributed by atoms with Gasteiger partial charge in [0.2, 0.25) is 0 Å². The molecule has 1 atom stereocenters. The number of urea groups is 1. The number of thioether (sulfide) groups is 1. The van der Waals surface area contributed by atoms with E-state index in [2.05, 4.69) is 22.1 Å². The number of nitrogens with one attached hydrogen (secondary N) is 1. The van der Waals surface area contributed by atoms with Crippen LogP contribution in [0.2, 0.25) is 0 Å². The number of hydrogen-bond acceptors (Lipinski definition) is 3. The van der Waals surface area contributed by atoms with E-state index >= 15 is 0 Å². The van der Waals surface area contributed by atoms with Crippen molar-refractivity contribution in [3.63, 3.8) is 0 Å². The Labute approximate surface area is 137 Å². The highest BCUT2D eigenvalue weighted by molar-refractivity contribution is 8.00. The third-order valence-electron chi connectivity index (χ3n) is 4.82. The van der Waals surface area contributed by atoms with Crippen molar-refractivity contribution in [1.82, 2.24) is 15.2 Å². The maximum Gasteiger partial charge on any atom is 0.317 e. The van der Waals surface area contributed by atoms with E-state index in [-0.39, 0.29) is 12.1 Å². The van der Waals surface area contributed by atoms with Gasteiger partial charge in [0.1, 0.15) is 0 Å². The molecule has 4 nitrogen and oxygen atoms in total.